The quantitative estimate of drug-likeness (QED) is 0.664. The fourth-order valence-electron chi connectivity index (χ4n) is 2.31. The van der Waals surface area contributed by atoms with Crippen LogP contribution < -0.4 is 0 Å². The van der Waals surface area contributed by atoms with Gasteiger partial charge < -0.3 is 0 Å². The molecule has 0 radical (unpaired) electrons. The van der Waals surface area contributed by atoms with Crippen molar-refractivity contribution in [3.8, 4) is 0 Å². The smallest absolute Gasteiger partial charge is 0.136 e. The molecule has 1 aromatic heterocycles. The lowest BCUT2D eigenvalue weighted by Crippen LogP contribution is -2.08. The molecule has 0 atom stereocenters. The van der Waals surface area contributed by atoms with Crippen molar-refractivity contribution in [2.75, 3.05) is 0 Å². The molecule has 1 fully saturated rings. The van der Waals surface area contributed by atoms with Crippen molar-refractivity contribution >= 4 is 11.6 Å². The van der Waals surface area contributed by atoms with Crippen LogP contribution in [0, 0.1) is 6.92 Å². The minimum absolute atomic E-state index is 0.595. The molecule has 0 bridgehead atoms. The van der Waals surface area contributed by atoms with Crippen molar-refractivity contribution in [3.05, 3.63) is 22.7 Å². The van der Waals surface area contributed by atoms with E-state index in [4.69, 9.17) is 11.6 Å². The zero-order valence-corrected chi connectivity index (χ0v) is 9.22. The van der Waals surface area contributed by atoms with E-state index in [2.05, 4.69) is 9.97 Å². The van der Waals surface area contributed by atoms with Gasteiger partial charge in [0.25, 0.3) is 0 Å². The highest BCUT2D eigenvalue weighted by Crippen LogP contribution is 2.36. The largest absolute Gasteiger partial charge is 0.241 e. The SMILES string of the molecule is Cc1ncnc(Cl)c1C1CCCCC1. The fraction of sp³-hybridized carbons (Fsp3) is 0.636. The van der Waals surface area contributed by atoms with Crippen molar-refractivity contribution in [2.24, 2.45) is 0 Å². The Morgan fingerprint density at radius 1 is 1.21 bits per heavy atom. The number of halogens is 1. The van der Waals surface area contributed by atoms with E-state index in [9.17, 15) is 0 Å². The number of hydrogen-bond donors (Lipinski definition) is 0. The molecule has 2 rings (SSSR count). The zero-order chi connectivity index (χ0) is 9.97. The van der Waals surface area contributed by atoms with Crippen LogP contribution >= 0.6 is 11.6 Å². The number of nitrogens with zero attached hydrogens (tertiary/aromatic N) is 2. The van der Waals surface area contributed by atoms with Gasteiger partial charge in [-0.25, -0.2) is 9.97 Å². The molecule has 1 aliphatic rings. The van der Waals surface area contributed by atoms with Crippen LogP contribution in [0.3, 0.4) is 0 Å². The lowest BCUT2D eigenvalue weighted by Gasteiger charge is -2.23. The Labute approximate surface area is 89.7 Å². The first-order valence-corrected chi connectivity index (χ1v) is 5.64. The average molecular weight is 211 g/mol. The molecular formula is C11H15ClN2. The minimum atomic E-state index is 0.595. The van der Waals surface area contributed by atoms with E-state index in [1.165, 1.54) is 37.7 Å². The van der Waals surface area contributed by atoms with E-state index in [-0.39, 0.29) is 0 Å². The average Bonchev–Trinajstić information content (AvgIpc) is 2.19. The molecule has 14 heavy (non-hydrogen) atoms. The van der Waals surface area contributed by atoms with Gasteiger partial charge in [-0.15, -0.1) is 0 Å². The van der Waals surface area contributed by atoms with Gasteiger partial charge in [0.2, 0.25) is 0 Å². The van der Waals surface area contributed by atoms with Gasteiger partial charge in [0, 0.05) is 11.3 Å². The first-order valence-electron chi connectivity index (χ1n) is 5.26. The zero-order valence-electron chi connectivity index (χ0n) is 8.46. The molecule has 0 amide bonds. The van der Waals surface area contributed by atoms with Gasteiger partial charge in [-0.3, -0.25) is 0 Å². The molecule has 76 valence electrons. The van der Waals surface area contributed by atoms with Gasteiger partial charge in [0.05, 0.1) is 0 Å². The highest BCUT2D eigenvalue weighted by Gasteiger charge is 2.20. The Kier molecular flexibility index (Phi) is 3.02. The Balaban J connectivity index is 2.29. The van der Waals surface area contributed by atoms with Crippen molar-refractivity contribution in [1.82, 2.24) is 9.97 Å². The van der Waals surface area contributed by atoms with Gasteiger partial charge in [0.15, 0.2) is 0 Å². The van der Waals surface area contributed by atoms with E-state index in [1.807, 2.05) is 6.92 Å². The van der Waals surface area contributed by atoms with Crippen LogP contribution in [-0.4, -0.2) is 9.97 Å². The summed E-state index contributed by atoms with van der Waals surface area (Å²) in [4.78, 5) is 8.29. The number of rotatable bonds is 1. The summed E-state index contributed by atoms with van der Waals surface area (Å²) in [6.45, 7) is 2.03. The second kappa shape index (κ2) is 4.26. The molecule has 1 saturated carbocycles. The lowest BCUT2D eigenvalue weighted by atomic mass is 9.84. The Morgan fingerprint density at radius 2 is 1.93 bits per heavy atom. The topological polar surface area (TPSA) is 25.8 Å². The third kappa shape index (κ3) is 1.90. The van der Waals surface area contributed by atoms with Crippen molar-refractivity contribution in [1.29, 1.82) is 0 Å². The van der Waals surface area contributed by atoms with Crippen molar-refractivity contribution in [3.63, 3.8) is 0 Å². The van der Waals surface area contributed by atoms with E-state index in [0.29, 0.717) is 11.1 Å². The molecule has 0 N–H and O–H groups in total. The normalized spacial score (nSPS) is 18.4. The Bertz CT molecular complexity index is 299. The fourth-order valence-corrected chi connectivity index (χ4v) is 2.64. The maximum absolute atomic E-state index is 6.11. The van der Waals surface area contributed by atoms with Crippen molar-refractivity contribution in [2.45, 2.75) is 44.9 Å². The molecule has 0 spiro atoms. The summed E-state index contributed by atoms with van der Waals surface area (Å²) in [5, 5.41) is 0.657. The lowest BCUT2D eigenvalue weighted by molar-refractivity contribution is 0.440. The predicted molar refractivity (Wildman–Crippen MR) is 57.6 cm³/mol. The second-order valence-electron chi connectivity index (χ2n) is 4.00. The van der Waals surface area contributed by atoms with E-state index in [0.717, 1.165) is 5.69 Å². The third-order valence-corrected chi connectivity index (χ3v) is 3.35. The molecule has 3 heteroatoms. The number of aryl methyl sites for hydroxylation is 1. The van der Waals surface area contributed by atoms with Gasteiger partial charge in [-0.1, -0.05) is 30.9 Å². The second-order valence-corrected chi connectivity index (χ2v) is 4.36. The number of aromatic nitrogens is 2. The third-order valence-electron chi connectivity index (χ3n) is 3.05. The molecule has 0 aromatic carbocycles. The molecular weight excluding hydrogens is 196 g/mol. The first-order chi connectivity index (χ1) is 6.79. The molecule has 1 aliphatic carbocycles. The van der Waals surface area contributed by atoms with E-state index in [1.54, 1.807) is 6.33 Å². The van der Waals surface area contributed by atoms with Crippen LogP contribution in [-0.2, 0) is 0 Å². The van der Waals surface area contributed by atoms with Gasteiger partial charge >= 0.3 is 0 Å². The van der Waals surface area contributed by atoms with Gasteiger partial charge in [0.1, 0.15) is 11.5 Å². The van der Waals surface area contributed by atoms with Gasteiger partial charge in [-0.2, -0.15) is 0 Å². The van der Waals surface area contributed by atoms with Crippen LogP contribution in [0.2, 0.25) is 5.15 Å². The van der Waals surface area contributed by atoms with Crippen LogP contribution in [0.5, 0.6) is 0 Å². The molecule has 1 aromatic rings. The molecule has 2 nitrogen and oxygen atoms in total. The predicted octanol–water partition coefficient (Wildman–Crippen LogP) is 3.49. The minimum Gasteiger partial charge on any atom is -0.241 e. The summed E-state index contributed by atoms with van der Waals surface area (Å²) >= 11 is 6.11. The van der Waals surface area contributed by atoms with Crippen LogP contribution in [0.25, 0.3) is 0 Å². The molecule has 0 aliphatic heterocycles. The molecule has 1 heterocycles. The summed E-state index contributed by atoms with van der Waals surface area (Å²) in [5.74, 6) is 0.595. The Morgan fingerprint density at radius 3 is 2.57 bits per heavy atom. The maximum atomic E-state index is 6.11. The van der Waals surface area contributed by atoms with Crippen LogP contribution in [0.1, 0.15) is 49.3 Å². The van der Waals surface area contributed by atoms with Gasteiger partial charge in [-0.05, 0) is 25.7 Å². The summed E-state index contributed by atoms with van der Waals surface area (Å²) in [7, 11) is 0. The van der Waals surface area contributed by atoms with Crippen LogP contribution in [0.15, 0.2) is 6.33 Å². The summed E-state index contributed by atoms with van der Waals surface area (Å²) in [5.41, 5.74) is 2.24. The van der Waals surface area contributed by atoms with Crippen molar-refractivity contribution < 1.29 is 0 Å². The summed E-state index contributed by atoms with van der Waals surface area (Å²) < 4.78 is 0. The highest BCUT2D eigenvalue weighted by molar-refractivity contribution is 6.30. The Hall–Kier alpha value is -0.630. The maximum Gasteiger partial charge on any atom is 0.136 e. The summed E-state index contributed by atoms with van der Waals surface area (Å²) in [6, 6.07) is 0. The van der Waals surface area contributed by atoms with E-state index < -0.39 is 0 Å². The molecule has 0 saturated heterocycles. The highest BCUT2D eigenvalue weighted by atomic mass is 35.5. The standard InChI is InChI=1S/C11H15ClN2/c1-8-10(11(12)14-7-13-8)9-5-3-2-4-6-9/h7,9H,2-6H2,1H3. The first kappa shape index (κ1) is 9.91. The van der Waals surface area contributed by atoms with Crippen LogP contribution in [0.4, 0.5) is 0 Å². The van der Waals surface area contributed by atoms with E-state index >= 15 is 0 Å². The summed E-state index contributed by atoms with van der Waals surface area (Å²) in [6.07, 6.45) is 8.03. The molecule has 0 unspecified atom stereocenters. The monoisotopic (exact) mass is 210 g/mol. The number of hydrogen-bond acceptors (Lipinski definition) is 2.